The van der Waals surface area contributed by atoms with Gasteiger partial charge >= 0.3 is 5.97 Å². The number of carbonyl (C=O) groups excluding carboxylic acids is 1. The molecule has 0 aromatic heterocycles. The normalized spacial score (nSPS) is 14.2. The van der Waals surface area contributed by atoms with Gasteiger partial charge < -0.3 is 9.64 Å². The summed E-state index contributed by atoms with van der Waals surface area (Å²) in [5.41, 5.74) is 0.614. The van der Waals surface area contributed by atoms with Gasteiger partial charge in [-0.05, 0) is 43.3 Å². The first-order chi connectivity index (χ1) is 12.7. The van der Waals surface area contributed by atoms with E-state index in [1.54, 1.807) is 18.2 Å². The van der Waals surface area contributed by atoms with Gasteiger partial charge in [0.05, 0.1) is 12.1 Å². The van der Waals surface area contributed by atoms with Crippen LogP contribution in [0.3, 0.4) is 0 Å². The predicted octanol–water partition coefficient (Wildman–Crippen LogP) is 3.97. The summed E-state index contributed by atoms with van der Waals surface area (Å²) in [4.78, 5) is 14.2. The largest absolute Gasteiger partial charge is 0.460 e. The fourth-order valence-electron chi connectivity index (χ4n) is 3.04. The fourth-order valence-corrected chi connectivity index (χ4v) is 3.04. The smallest absolute Gasteiger partial charge is 0.338 e. The maximum atomic E-state index is 12.0. The molecule has 0 amide bonds. The lowest BCUT2D eigenvalue weighted by Gasteiger charge is -2.33. The molecule has 1 saturated carbocycles. The van der Waals surface area contributed by atoms with Gasteiger partial charge in [-0.3, -0.25) is 0 Å². The summed E-state index contributed by atoms with van der Waals surface area (Å²) in [6.07, 6.45) is 11.0. The maximum Gasteiger partial charge on any atom is 0.338 e. The molecule has 26 heavy (non-hydrogen) atoms. The predicted molar refractivity (Wildman–Crippen MR) is 98.8 cm³/mol. The van der Waals surface area contributed by atoms with Crippen LogP contribution in [0.4, 0.5) is 0 Å². The number of hydrogen-bond donors (Lipinski definition) is 0. The van der Waals surface area contributed by atoms with Gasteiger partial charge in [-0.25, -0.2) is 4.79 Å². The number of benzene rings is 1. The zero-order valence-corrected chi connectivity index (χ0v) is 14.8. The molecule has 0 saturated heterocycles. The fraction of sp³-hybridized carbons (Fsp3) is 0.381. The molecule has 5 heteroatoms. The molecule has 1 fully saturated rings. The first kappa shape index (κ1) is 19.3. The molecule has 2 rings (SSSR count). The van der Waals surface area contributed by atoms with Gasteiger partial charge in [0, 0.05) is 6.04 Å². The third-order valence-corrected chi connectivity index (χ3v) is 4.42. The van der Waals surface area contributed by atoms with E-state index in [2.05, 4.69) is 4.90 Å². The first-order valence-electron chi connectivity index (χ1n) is 8.91. The molecule has 0 spiro atoms. The van der Waals surface area contributed by atoms with Crippen molar-refractivity contribution < 1.29 is 9.53 Å². The van der Waals surface area contributed by atoms with Crippen molar-refractivity contribution in [3.05, 3.63) is 59.8 Å². The van der Waals surface area contributed by atoms with E-state index in [4.69, 9.17) is 15.3 Å². The standard InChI is InChI=1S/C21H23N3O2/c22-16-18(17-23)8-7-13-24(20-11-5-2-6-12-20)14-15-26-21(25)19-9-3-1-4-10-19/h1,3-4,7-10,13,20H,2,5-6,11-12,14-15H2/b13-7+. The van der Waals surface area contributed by atoms with E-state index in [1.807, 2.05) is 36.5 Å². The van der Waals surface area contributed by atoms with E-state index in [1.165, 1.54) is 25.3 Å². The van der Waals surface area contributed by atoms with Crippen molar-refractivity contribution in [2.75, 3.05) is 13.2 Å². The summed E-state index contributed by atoms with van der Waals surface area (Å²) >= 11 is 0. The Morgan fingerprint density at radius 2 is 1.85 bits per heavy atom. The minimum atomic E-state index is -0.325. The van der Waals surface area contributed by atoms with Crippen molar-refractivity contribution in [1.29, 1.82) is 10.5 Å². The summed E-state index contributed by atoms with van der Waals surface area (Å²) in [6, 6.07) is 13.0. The van der Waals surface area contributed by atoms with E-state index < -0.39 is 0 Å². The number of allylic oxidation sites excluding steroid dienone is 3. The molecule has 0 aliphatic heterocycles. The quantitative estimate of drug-likeness (QED) is 0.423. The number of rotatable bonds is 7. The summed E-state index contributed by atoms with van der Waals surface area (Å²) < 4.78 is 5.38. The van der Waals surface area contributed by atoms with Gasteiger partial charge in [-0.2, -0.15) is 10.5 Å². The number of esters is 1. The van der Waals surface area contributed by atoms with Crippen molar-refractivity contribution in [2.45, 2.75) is 38.1 Å². The lowest BCUT2D eigenvalue weighted by atomic mass is 9.94. The van der Waals surface area contributed by atoms with Gasteiger partial charge in [0.15, 0.2) is 0 Å². The highest BCUT2D eigenvalue weighted by Gasteiger charge is 2.18. The zero-order chi connectivity index (χ0) is 18.6. The zero-order valence-electron chi connectivity index (χ0n) is 14.8. The highest BCUT2D eigenvalue weighted by Crippen LogP contribution is 2.22. The molecule has 0 radical (unpaired) electrons. The van der Waals surface area contributed by atoms with Gasteiger partial charge in [-0.1, -0.05) is 37.5 Å². The molecule has 1 aromatic rings. The molecule has 1 aliphatic rings. The van der Waals surface area contributed by atoms with E-state index >= 15 is 0 Å². The lowest BCUT2D eigenvalue weighted by molar-refractivity contribution is 0.0457. The summed E-state index contributed by atoms with van der Waals surface area (Å²) in [5, 5.41) is 17.6. The van der Waals surface area contributed by atoms with Crippen molar-refractivity contribution in [2.24, 2.45) is 0 Å². The van der Waals surface area contributed by atoms with Crippen LogP contribution in [0.5, 0.6) is 0 Å². The second-order valence-corrected chi connectivity index (χ2v) is 6.18. The van der Waals surface area contributed by atoms with E-state index in [0.29, 0.717) is 24.8 Å². The Bertz CT molecular complexity index is 704. The Hall–Kier alpha value is -3.05. The van der Waals surface area contributed by atoms with Crippen LogP contribution >= 0.6 is 0 Å². The second-order valence-electron chi connectivity index (χ2n) is 6.18. The first-order valence-corrected chi connectivity index (χ1v) is 8.91. The maximum absolute atomic E-state index is 12.0. The summed E-state index contributed by atoms with van der Waals surface area (Å²) in [7, 11) is 0. The number of ether oxygens (including phenoxy) is 1. The van der Waals surface area contributed by atoms with Gasteiger partial charge in [0.25, 0.3) is 0 Å². The Labute approximate surface area is 154 Å². The topological polar surface area (TPSA) is 77.1 Å². The Morgan fingerprint density at radius 1 is 1.15 bits per heavy atom. The number of nitrogens with zero attached hydrogens (tertiary/aromatic N) is 3. The van der Waals surface area contributed by atoms with E-state index in [0.717, 1.165) is 12.8 Å². The molecule has 0 heterocycles. The SMILES string of the molecule is N#CC(C#N)=C/C=C/N(CCOC(=O)c1ccccc1)C1CCCCC1. The van der Waals surface area contributed by atoms with Crippen molar-refractivity contribution in [1.82, 2.24) is 4.90 Å². The minimum Gasteiger partial charge on any atom is -0.460 e. The highest BCUT2D eigenvalue weighted by atomic mass is 16.5. The molecular weight excluding hydrogens is 326 g/mol. The van der Waals surface area contributed by atoms with Crippen molar-refractivity contribution >= 4 is 5.97 Å². The van der Waals surface area contributed by atoms with Crippen LogP contribution in [0.25, 0.3) is 0 Å². The van der Waals surface area contributed by atoms with E-state index in [9.17, 15) is 4.79 Å². The third kappa shape index (κ3) is 6.11. The molecule has 0 N–H and O–H groups in total. The lowest BCUT2D eigenvalue weighted by Crippen LogP contribution is -2.35. The average molecular weight is 349 g/mol. The van der Waals surface area contributed by atoms with Gasteiger partial charge in [-0.15, -0.1) is 0 Å². The van der Waals surface area contributed by atoms with Crippen LogP contribution in [0.15, 0.2) is 54.3 Å². The average Bonchev–Trinajstić information content (AvgIpc) is 2.71. The van der Waals surface area contributed by atoms with Crippen LogP contribution < -0.4 is 0 Å². The third-order valence-electron chi connectivity index (χ3n) is 4.42. The molecule has 1 aromatic carbocycles. The Balaban J connectivity index is 1.94. The molecule has 134 valence electrons. The molecule has 0 atom stereocenters. The van der Waals surface area contributed by atoms with Crippen molar-refractivity contribution in [3.63, 3.8) is 0 Å². The van der Waals surface area contributed by atoms with Gasteiger partial charge in [0.1, 0.15) is 24.3 Å². The molecule has 0 unspecified atom stereocenters. The number of nitriles is 2. The van der Waals surface area contributed by atoms with Crippen LogP contribution in [0, 0.1) is 22.7 Å². The molecular formula is C21H23N3O2. The monoisotopic (exact) mass is 349 g/mol. The Kier molecular flexibility index (Phi) is 7.96. The van der Waals surface area contributed by atoms with Crippen LogP contribution in [0.1, 0.15) is 42.5 Å². The number of hydrogen-bond acceptors (Lipinski definition) is 5. The highest BCUT2D eigenvalue weighted by molar-refractivity contribution is 5.89. The Morgan fingerprint density at radius 3 is 2.50 bits per heavy atom. The van der Waals surface area contributed by atoms with Crippen LogP contribution in [0.2, 0.25) is 0 Å². The molecule has 5 nitrogen and oxygen atoms in total. The van der Waals surface area contributed by atoms with E-state index in [-0.39, 0.29) is 11.5 Å². The van der Waals surface area contributed by atoms with Gasteiger partial charge in [0.2, 0.25) is 0 Å². The summed E-state index contributed by atoms with van der Waals surface area (Å²) in [6.45, 7) is 0.879. The minimum absolute atomic E-state index is 0.0698. The van der Waals surface area contributed by atoms with Crippen LogP contribution in [-0.2, 0) is 4.74 Å². The molecule has 1 aliphatic carbocycles. The number of carbonyl (C=O) groups is 1. The van der Waals surface area contributed by atoms with Crippen molar-refractivity contribution in [3.8, 4) is 12.1 Å². The summed E-state index contributed by atoms with van der Waals surface area (Å²) in [5.74, 6) is -0.325. The molecule has 0 bridgehead atoms. The van der Waals surface area contributed by atoms with Crippen LogP contribution in [-0.4, -0.2) is 30.1 Å². The second kappa shape index (κ2) is 10.7.